The molecule has 10 heteroatoms. The van der Waals surface area contributed by atoms with Crippen LogP contribution in [0.5, 0.6) is 5.75 Å². The maximum Gasteiger partial charge on any atom is 0.321 e. The standard InChI is InChI=1S/C30H34FN3O5S/c1-21-18-34(22(2)20-35)40(37,38)29-15-14-24(13-12-23-8-5-4-6-9-23)16-27(29)39-28(21)19-33(3)30(36)32-26-11-7-10-25(31)17-26/h4-17,21-22,28,35H,18-20H2,1-3H3,(H,32,36)/b13-12+/t21-,22+,28-/m1/s1. The van der Waals surface area contributed by atoms with Gasteiger partial charge in [-0.25, -0.2) is 17.6 Å². The lowest BCUT2D eigenvalue weighted by atomic mass is 10.0. The van der Waals surface area contributed by atoms with E-state index >= 15 is 0 Å². The lowest BCUT2D eigenvalue weighted by Crippen LogP contribution is -2.50. The Bertz CT molecular complexity index is 1470. The molecular formula is C30H34FN3O5S. The van der Waals surface area contributed by atoms with Crippen LogP contribution in [0.1, 0.15) is 25.0 Å². The van der Waals surface area contributed by atoms with Gasteiger partial charge in [-0.15, -0.1) is 0 Å². The number of amides is 2. The van der Waals surface area contributed by atoms with Crippen LogP contribution < -0.4 is 10.1 Å². The molecule has 1 aliphatic heterocycles. The highest BCUT2D eigenvalue weighted by molar-refractivity contribution is 7.89. The molecule has 0 fully saturated rings. The highest BCUT2D eigenvalue weighted by Gasteiger charge is 2.38. The van der Waals surface area contributed by atoms with Crippen LogP contribution in [0.2, 0.25) is 0 Å². The van der Waals surface area contributed by atoms with Crippen LogP contribution in [0, 0.1) is 11.7 Å². The van der Waals surface area contributed by atoms with Gasteiger partial charge in [0, 0.05) is 31.2 Å². The van der Waals surface area contributed by atoms with E-state index < -0.39 is 34.0 Å². The number of urea groups is 1. The van der Waals surface area contributed by atoms with Gasteiger partial charge >= 0.3 is 6.03 Å². The molecule has 212 valence electrons. The Balaban J connectivity index is 1.65. The fraction of sp³-hybridized carbons (Fsp3) is 0.300. The Kier molecular flexibility index (Phi) is 9.24. The van der Waals surface area contributed by atoms with E-state index in [-0.39, 0.29) is 36.3 Å². The lowest BCUT2D eigenvalue weighted by Gasteiger charge is -2.37. The minimum Gasteiger partial charge on any atom is -0.487 e. The number of carbonyl (C=O) groups excluding carboxylic acids is 1. The number of fused-ring (bicyclic) bond motifs is 1. The molecular weight excluding hydrogens is 533 g/mol. The van der Waals surface area contributed by atoms with Crippen LogP contribution in [0.3, 0.4) is 0 Å². The second-order valence-electron chi connectivity index (χ2n) is 10.0. The van der Waals surface area contributed by atoms with Gasteiger partial charge in [-0.2, -0.15) is 4.31 Å². The molecule has 0 saturated carbocycles. The molecule has 3 atom stereocenters. The van der Waals surface area contributed by atoms with E-state index in [2.05, 4.69) is 5.32 Å². The van der Waals surface area contributed by atoms with Crippen molar-refractivity contribution in [2.24, 2.45) is 5.92 Å². The number of nitrogens with one attached hydrogen (secondary N) is 1. The maximum absolute atomic E-state index is 13.7. The summed E-state index contributed by atoms with van der Waals surface area (Å²) in [6.07, 6.45) is 3.21. The normalized spacial score (nSPS) is 19.6. The molecule has 8 nitrogen and oxygen atoms in total. The summed E-state index contributed by atoms with van der Waals surface area (Å²) in [4.78, 5) is 14.3. The number of carbonyl (C=O) groups is 1. The number of hydrogen-bond acceptors (Lipinski definition) is 5. The fourth-order valence-electron chi connectivity index (χ4n) is 4.46. The lowest BCUT2D eigenvalue weighted by molar-refractivity contribution is 0.0830. The molecule has 0 aliphatic carbocycles. The van der Waals surface area contributed by atoms with Crippen molar-refractivity contribution in [2.45, 2.75) is 30.9 Å². The van der Waals surface area contributed by atoms with E-state index in [4.69, 9.17) is 4.74 Å². The zero-order valence-corrected chi connectivity index (χ0v) is 23.5. The largest absolute Gasteiger partial charge is 0.487 e. The van der Waals surface area contributed by atoms with Gasteiger partial charge in [0.15, 0.2) is 0 Å². The summed E-state index contributed by atoms with van der Waals surface area (Å²) in [6, 6.07) is 19.1. The minimum absolute atomic E-state index is 0.00609. The van der Waals surface area contributed by atoms with Crippen LogP contribution in [-0.2, 0) is 10.0 Å². The average molecular weight is 568 g/mol. The summed E-state index contributed by atoms with van der Waals surface area (Å²) in [5, 5.41) is 12.5. The van der Waals surface area contributed by atoms with Crippen LogP contribution in [0.4, 0.5) is 14.9 Å². The number of aliphatic hydroxyl groups is 1. The molecule has 0 unspecified atom stereocenters. The van der Waals surface area contributed by atoms with Crippen LogP contribution >= 0.6 is 0 Å². The molecule has 2 amide bonds. The third-order valence-corrected chi connectivity index (χ3v) is 8.85. The number of anilines is 1. The summed E-state index contributed by atoms with van der Waals surface area (Å²) >= 11 is 0. The second-order valence-corrected chi connectivity index (χ2v) is 11.9. The zero-order valence-electron chi connectivity index (χ0n) is 22.7. The van der Waals surface area contributed by atoms with Gasteiger partial charge in [-0.1, -0.05) is 61.5 Å². The second kappa shape index (κ2) is 12.6. The van der Waals surface area contributed by atoms with E-state index in [1.165, 1.54) is 33.5 Å². The molecule has 4 rings (SSSR count). The number of likely N-dealkylation sites (N-methyl/N-ethyl adjacent to an activating group) is 1. The number of hydrogen-bond donors (Lipinski definition) is 2. The molecule has 3 aromatic carbocycles. The summed E-state index contributed by atoms with van der Waals surface area (Å²) in [5.41, 5.74) is 2.05. The molecule has 0 aromatic heterocycles. The average Bonchev–Trinajstić information content (AvgIpc) is 2.93. The Morgan fingerprint density at radius 3 is 2.55 bits per heavy atom. The number of nitrogens with zero attached hydrogens (tertiary/aromatic N) is 2. The van der Waals surface area contributed by atoms with Gasteiger partial charge in [0.05, 0.1) is 13.2 Å². The van der Waals surface area contributed by atoms with Gasteiger partial charge < -0.3 is 20.1 Å². The van der Waals surface area contributed by atoms with Gasteiger partial charge in [-0.05, 0) is 48.4 Å². The van der Waals surface area contributed by atoms with Crippen molar-refractivity contribution in [1.82, 2.24) is 9.21 Å². The zero-order chi connectivity index (χ0) is 28.9. The third-order valence-electron chi connectivity index (χ3n) is 6.84. The number of halogens is 1. The summed E-state index contributed by atoms with van der Waals surface area (Å²) in [7, 11) is -2.40. The van der Waals surface area contributed by atoms with Gasteiger partial charge in [0.25, 0.3) is 0 Å². The highest BCUT2D eigenvalue weighted by Crippen LogP contribution is 2.34. The van der Waals surface area contributed by atoms with Crippen molar-refractivity contribution >= 4 is 33.9 Å². The first kappa shape index (κ1) is 29.3. The smallest absolute Gasteiger partial charge is 0.321 e. The third kappa shape index (κ3) is 6.88. The Labute approximate surface area is 234 Å². The van der Waals surface area contributed by atoms with Gasteiger partial charge in [0.2, 0.25) is 10.0 Å². The molecule has 0 spiro atoms. The summed E-state index contributed by atoms with van der Waals surface area (Å²) in [6.45, 7) is 3.37. The quantitative estimate of drug-likeness (QED) is 0.395. The van der Waals surface area contributed by atoms with Gasteiger partial charge in [0.1, 0.15) is 22.6 Å². The molecule has 0 radical (unpaired) electrons. The summed E-state index contributed by atoms with van der Waals surface area (Å²) < 4.78 is 48.6. The topological polar surface area (TPSA) is 99.2 Å². The van der Waals surface area contributed by atoms with Gasteiger partial charge in [-0.3, -0.25) is 0 Å². The molecule has 40 heavy (non-hydrogen) atoms. The van der Waals surface area contributed by atoms with E-state index in [0.29, 0.717) is 5.69 Å². The van der Waals surface area contributed by atoms with E-state index in [0.717, 1.165) is 11.1 Å². The number of rotatable bonds is 7. The van der Waals surface area contributed by atoms with Crippen molar-refractivity contribution in [3.8, 4) is 5.75 Å². The molecule has 0 saturated heterocycles. The first-order valence-corrected chi connectivity index (χ1v) is 14.5. The van der Waals surface area contributed by atoms with E-state index in [1.54, 1.807) is 32.2 Å². The van der Waals surface area contributed by atoms with Crippen LogP contribution in [0.25, 0.3) is 12.2 Å². The molecule has 3 aromatic rings. The Hall–Kier alpha value is -3.73. The van der Waals surface area contributed by atoms with Crippen molar-refractivity contribution in [3.05, 3.63) is 89.7 Å². The molecule has 2 N–H and O–H groups in total. The number of benzene rings is 3. The van der Waals surface area contributed by atoms with Crippen molar-refractivity contribution in [3.63, 3.8) is 0 Å². The van der Waals surface area contributed by atoms with Crippen LogP contribution in [-0.4, -0.2) is 67.7 Å². The molecule has 1 aliphatic rings. The van der Waals surface area contributed by atoms with E-state index in [9.17, 15) is 22.7 Å². The van der Waals surface area contributed by atoms with Crippen molar-refractivity contribution in [1.29, 1.82) is 0 Å². The first-order valence-electron chi connectivity index (χ1n) is 13.0. The maximum atomic E-state index is 13.7. The SMILES string of the molecule is C[C@@H]1CN([C@@H](C)CO)S(=O)(=O)c2ccc(/C=C/c3ccccc3)cc2O[C@@H]1CN(C)C(=O)Nc1cccc(F)c1. The monoisotopic (exact) mass is 567 g/mol. The Morgan fingerprint density at radius 2 is 1.85 bits per heavy atom. The molecule has 0 bridgehead atoms. The predicted molar refractivity (Wildman–Crippen MR) is 154 cm³/mol. The highest BCUT2D eigenvalue weighted by atomic mass is 32.2. The number of aliphatic hydroxyl groups excluding tert-OH is 1. The number of sulfonamides is 1. The fourth-order valence-corrected chi connectivity index (χ4v) is 6.28. The minimum atomic E-state index is -3.99. The molecule has 1 heterocycles. The predicted octanol–water partition coefficient (Wildman–Crippen LogP) is 4.93. The summed E-state index contributed by atoms with van der Waals surface area (Å²) in [5.74, 6) is -0.642. The van der Waals surface area contributed by atoms with Crippen molar-refractivity contribution in [2.75, 3.05) is 32.1 Å². The van der Waals surface area contributed by atoms with E-state index in [1.807, 2.05) is 49.4 Å². The Morgan fingerprint density at radius 1 is 1.12 bits per heavy atom. The first-order chi connectivity index (χ1) is 19.1. The number of ether oxygens (including phenoxy) is 1. The van der Waals surface area contributed by atoms with Crippen molar-refractivity contribution < 1.29 is 27.4 Å². The van der Waals surface area contributed by atoms with Crippen LogP contribution in [0.15, 0.2) is 77.7 Å².